The summed E-state index contributed by atoms with van der Waals surface area (Å²) in [4.78, 5) is 28.2. The maximum Gasteiger partial charge on any atom is 0.300 e. The highest BCUT2D eigenvalue weighted by Gasteiger charge is 2.47. The molecule has 37 heavy (non-hydrogen) atoms. The van der Waals surface area contributed by atoms with Gasteiger partial charge in [-0.25, -0.2) is 0 Å². The zero-order valence-corrected chi connectivity index (χ0v) is 21.4. The molecule has 1 unspecified atom stereocenters. The molecule has 0 bridgehead atoms. The van der Waals surface area contributed by atoms with E-state index >= 15 is 0 Å². The minimum absolute atomic E-state index is 0.109. The van der Waals surface area contributed by atoms with Crippen LogP contribution < -0.4 is 14.4 Å². The SMILES string of the molecule is CCCOc1cccc(C2/C(=C(\O)c3cc(C)cc(Cl)c3OC)C(=O)C(=O)N2c2ccc(C#N)cc2)c1. The van der Waals surface area contributed by atoms with E-state index in [0.717, 1.165) is 12.0 Å². The molecule has 3 aromatic rings. The second-order valence-corrected chi connectivity index (χ2v) is 8.98. The lowest BCUT2D eigenvalue weighted by Gasteiger charge is -2.26. The number of rotatable bonds is 7. The van der Waals surface area contributed by atoms with Crippen molar-refractivity contribution in [3.8, 4) is 17.6 Å². The van der Waals surface area contributed by atoms with Gasteiger partial charge in [0.15, 0.2) is 0 Å². The van der Waals surface area contributed by atoms with E-state index in [-0.39, 0.29) is 21.9 Å². The summed E-state index contributed by atoms with van der Waals surface area (Å²) in [7, 11) is 1.41. The molecule has 188 valence electrons. The molecule has 1 aliphatic rings. The van der Waals surface area contributed by atoms with Crippen molar-refractivity contribution >= 4 is 34.7 Å². The number of aliphatic hydroxyl groups excluding tert-OH is 1. The quantitative estimate of drug-likeness (QED) is 0.237. The zero-order valence-electron chi connectivity index (χ0n) is 20.6. The van der Waals surface area contributed by atoms with E-state index in [1.807, 2.05) is 13.0 Å². The first-order chi connectivity index (χ1) is 17.8. The van der Waals surface area contributed by atoms with Crippen LogP contribution in [0, 0.1) is 18.3 Å². The minimum Gasteiger partial charge on any atom is -0.507 e. The van der Waals surface area contributed by atoms with Gasteiger partial charge in [0.05, 0.1) is 47.6 Å². The Kier molecular flexibility index (Phi) is 7.51. The molecule has 1 heterocycles. The largest absolute Gasteiger partial charge is 0.507 e. The molecular formula is C29H25ClN2O5. The smallest absolute Gasteiger partial charge is 0.300 e. The van der Waals surface area contributed by atoms with E-state index in [2.05, 4.69) is 0 Å². The minimum atomic E-state index is -0.970. The van der Waals surface area contributed by atoms with Gasteiger partial charge in [-0.2, -0.15) is 5.26 Å². The molecular weight excluding hydrogens is 492 g/mol. The number of ether oxygens (including phenoxy) is 2. The van der Waals surface area contributed by atoms with Crippen molar-refractivity contribution in [3.63, 3.8) is 0 Å². The molecule has 0 saturated carbocycles. The predicted octanol–water partition coefficient (Wildman–Crippen LogP) is 5.94. The molecule has 1 atom stereocenters. The Morgan fingerprint density at radius 3 is 2.51 bits per heavy atom. The Balaban J connectivity index is 1.97. The van der Waals surface area contributed by atoms with Gasteiger partial charge in [-0.15, -0.1) is 0 Å². The molecule has 0 aromatic heterocycles. The highest BCUT2D eigenvalue weighted by Crippen LogP contribution is 2.45. The van der Waals surface area contributed by atoms with E-state index in [4.69, 9.17) is 21.1 Å². The van der Waals surface area contributed by atoms with Crippen LogP contribution in [0.3, 0.4) is 0 Å². The third-order valence-corrected chi connectivity index (χ3v) is 6.29. The number of nitriles is 1. The van der Waals surface area contributed by atoms with Crippen LogP contribution in [0.15, 0.2) is 66.2 Å². The lowest BCUT2D eigenvalue weighted by molar-refractivity contribution is -0.132. The lowest BCUT2D eigenvalue weighted by Crippen LogP contribution is -2.29. The molecule has 0 radical (unpaired) electrons. The van der Waals surface area contributed by atoms with Gasteiger partial charge in [0, 0.05) is 5.69 Å². The topological polar surface area (TPSA) is 99.9 Å². The standard InChI is InChI=1S/C29H25ClN2O5/c1-4-12-37-21-7-5-6-19(15-21)25-24(26(33)22-13-17(2)14-23(30)28(22)36-3)27(34)29(35)32(25)20-10-8-18(16-31)9-11-20/h5-11,13-15,25,33H,4,12H2,1-3H3/b26-24+. The number of carbonyl (C=O) groups is 2. The zero-order chi connectivity index (χ0) is 26.7. The number of hydrogen-bond donors (Lipinski definition) is 1. The average Bonchev–Trinajstić information content (AvgIpc) is 3.17. The Morgan fingerprint density at radius 1 is 1.14 bits per heavy atom. The molecule has 4 rings (SSSR count). The van der Waals surface area contributed by atoms with Crippen molar-refractivity contribution < 1.29 is 24.2 Å². The number of methoxy groups -OCH3 is 1. The van der Waals surface area contributed by atoms with E-state index in [0.29, 0.717) is 29.2 Å². The van der Waals surface area contributed by atoms with E-state index in [9.17, 15) is 20.0 Å². The Labute approximate surface area is 220 Å². The van der Waals surface area contributed by atoms with Gasteiger partial charge >= 0.3 is 0 Å². The van der Waals surface area contributed by atoms with Crippen LogP contribution in [-0.4, -0.2) is 30.5 Å². The van der Waals surface area contributed by atoms with E-state index in [1.54, 1.807) is 67.6 Å². The fourth-order valence-corrected chi connectivity index (χ4v) is 4.71. The number of benzene rings is 3. The first-order valence-corrected chi connectivity index (χ1v) is 12.1. The molecule has 1 aliphatic heterocycles. The van der Waals surface area contributed by atoms with Crippen molar-refractivity contribution in [3.05, 3.63) is 93.5 Å². The summed E-state index contributed by atoms with van der Waals surface area (Å²) in [6, 6.07) is 17.8. The molecule has 0 spiro atoms. The third kappa shape index (κ3) is 4.89. The monoisotopic (exact) mass is 516 g/mol. The number of ketones is 1. The van der Waals surface area contributed by atoms with E-state index < -0.39 is 23.5 Å². The number of hydrogen-bond acceptors (Lipinski definition) is 6. The van der Waals surface area contributed by atoms with Crippen LogP contribution in [0.2, 0.25) is 5.02 Å². The van der Waals surface area contributed by atoms with Crippen LogP contribution in [0.25, 0.3) is 5.76 Å². The van der Waals surface area contributed by atoms with E-state index in [1.165, 1.54) is 12.0 Å². The number of carbonyl (C=O) groups excluding carboxylic acids is 2. The summed E-state index contributed by atoms with van der Waals surface area (Å²) in [5.74, 6) is -1.31. The highest BCUT2D eigenvalue weighted by atomic mass is 35.5. The average molecular weight is 517 g/mol. The number of nitrogens with zero attached hydrogens (tertiary/aromatic N) is 2. The predicted molar refractivity (Wildman–Crippen MR) is 141 cm³/mol. The molecule has 7 nitrogen and oxygen atoms in total. The van der Waals surface area contributed by atoms with Gasteiger partial charge in [0.25, 0.3) is 11.7 Å². The Bertz CT molecular complexity index is 1440. The van der Waals surface area contributed by atoms with Gasteiger partial charge in [-0.05, 0) is 73.0 Å². The van der Waals surface area contributed by atoms with Gasteiger partial charge in [0.2, 0.25) is 0 Å². The van der Waals surface area contributed by atoms with Crippen molar-refractivity contribution in [2.45, 2.75) is 26.3 Å². The third-order valence-electron chi connectivity index (χ3n) is 6.01. The second-order valence-electron chi connectivity index (χ2n) is 8.58. The Morgan fingerprint density at radius 2 is 1.86 bits per heavy atom. The molecule has 8 heteroatoms. The summed E-state index contributed by atoms with van der Waals surface area (Å²) in [5.41, 5.74) is 2.21. The van der Waals surface area contributed by atoms with Gasteiger partial charge in [-0.3, -0.25) is 14.5 Å². The molecule has 1 saturated heterocycles. The van der Waals surface area contributed by atoms with Crippen molar-refractivity contribution in [2.24, 2.45) is 0 Å². The second kappa shape index (κ2) is 10.8. The van der Waals surface area contributed by atoms with Crippen molar-refractivity contribution in [1.29, 1.82) is 5.26 Å². The Hall–Kier alpha value is -4.28. The first kappa shape index (κ1) is 25.8. The molecule has 1 N–H and O–H groups in total. The summed E-state index contributed by atoms with van der Waals surface area (Å²) in [6.45, 7) is 4.28. The van der Waals surface area contributed by atoms with Gasteiger partial charge in [-0.1, -0.05) is 30.7 Å². The maximum absolute atomic E-state index is 13.5. The number of anilines is 1. The number of aliphatic hydroxyl groups is 1. The number of halogens is 1. The van der Waals surface area contributed by atoms with Gasteiger partial charge in [0.1, 0.15) is 17.3 Å². The fourth-order valence-electron chi connectivity index (χ4n) is 4.36. The fraction of sp³-hybridized carbons (Fsp3) is 0.207. The van der Waals surface area contributed by atoms with Crippen molar-refractivity contribution in [1.82, 2.24) is 0 Å². The van der Waals surface area contributed by atoms with Crippen LogP contribution in [0.4, 0.5) is 5.69 Å². The highest BCUT2D eigenvalue weighted by molar-refractivity contribution is 6.51. The maximum atomic E-state index is 13.5. The first-order valence-electron chi connectivity index (χ1n) is 11.7. The summed E-state index contributed by atoms with van der Waals surface area (Å²) >= 11 is 6.36. The van der Waals surface area contributed by atoms with Crippen LogP contribution in [-0.2, 0) is 9.59 Å². The number of Topliss-reactive ketones (excluding diaryl/α,β-unsaturated/α-hetero) is 1. The molecule has 1 amide bonds. The summed E-state index contributed by atoms with van der Waals surface area (Å²) < 4.78 is 11.2. The number of aryl methyl sites for hydroxylation is 1. The summed E-state index contributed by atoms with van der Waals surface area (Å²) in [5, 5.41) is 21.0. The number of amides is 1. The molecule has 3 aromatic carbocycles. The molecule has 1 fully saturated rings. The molecule has 0 aliphatic carbocycles. The summed E-state index contributed by atoms with van der Waals surface area (Å²) in [6.07, 6.45) is 0.807. The van der Waals surface area contributed by atoms with Crippen molar-refractivity contribution in [2.75, 3.05) is 18.6 Å². The normalized spacial score (nSPS) is 16.5. The van der Waals surface area contributed by atoms with Crippen LogP contribution in [0.1, 0.15) is 41.6 Å². The lowest BCUT2D eigenvalue weighted by atomic mass is 9.94. The van der Waals surface area contributed by atoms with Gasteiger partial charge < -0.3 is 14.6 Å². The van der Waals surface area contributed by atoms with Crippen LogP contribution in [0.5, 0.6) is 11.5 Å². The van der Waals surface area contributed by atoms with Crippen LogP contribution >= 0.6 is 11.6 Å².